The Kier molecular flexibility index (Phi) is 11.0. The Bertz CT molecular complexity index is 228. The van der Waals surface area contributed by atoms with Gasteiger partial charge in [-0.3, -0.25) is 4.55 Å². The van der Waals surface area contributed by atoms with Crippen molar-refractivity contribution in [1.82, 2.24) is 5.32 Å². The molecule has 0 heterocycles. The van der Waals surface area contributed by atoms with Crippen molar-refractivity contribution in [2.24, 2.45) is 0 Å². The number of rotatable bonds is 3. The van der Waals surface area contributed by atoms with E-state index in [0.717, 1.165) is 0 Å². The number of nitrogens with one attached hydrogen (secondary N) is 1. The molecule has 4 nitrogen and oxygen atoms in total. The quantitative estimate of drug-likeness (QED) is 0.401. The molecule has 8 heteroatoms. The molecule has 0 atom stereocenters. The fourth-order valence-corrected chi connectivity index (χ4v) is 1.06. The van der Waals surface area contributed by atoms with Crippen LogP contribution >= 0.6 is 24.0 Å². The number of thiocarbonyl (C=S) groups is 1. The van der Waals surface area contributed by atoms with Gasteiger partial charge in [0.2, 0.25) is 0 Å². The Labute approximate surface area is 124 Å². The third kappa shape index (κ3) is 11.8. The van der Waals surface area contributed by atoms with E-state index in [2.05, 4.69) is 5.32 Å². The molecule has 0 aliphatic carbocycles. The molecule has 12 heavy (non-hydrogen) atoms. The van der Waals surface area contributed by atoms with Crippen molar-refractivity contribution in [2.45, 2.75) is 0 Å². The van der Waals surface area contributed by atoms with E-state index < -0.39 is 10.1 Å². The van der Waals surface area contributed by atoms with E-state index in [-0.39, 0.29) is 63.7 Å². The van der Waals surface area contributed by atoms with Gasteiger partial charge in [-0.2, -0.15) is 8.42 Å². The molecule has 0 aromatic carbocycles. The first-order valence-corrected chi connectivity index (χ1v) is 5.97. The summed E-state index contributed by atoms with van der Waals surface area (Å²) in [6.45, 7) is 0.151. The van der Waals surface area contributed by atoms with Crippen LogP contribution in [0.4, 0.5) is 0 Å². The molecular formula is C4H10KNO3S3. The molecule has 2 N–H and O–H groups in total. The van der Waals surface area contributed by atoms with Gasteiger partial charge < -0.3 is 5.32 Å². The molecule has 0 unspecified atom stereocenters. The molecule has 0 aromatic rings. The Morgan fingerprint density at radius 3 is 2.50 bits per heavy atom. The van der Waals surface area contributed by atoms with Crippen LogP contribution in [0.2, 0.25) is 0 Å². The molecule has 0 aliphatic heterocycles. The van der Waals surface area contributed by atoms with Crippen LogP contribution in [-0.2, 0) is 10.1 Å². The number of hydrogen-bond acceptors (Lipinski definition) is 4. The van der Waals surface area contributed by atoms with Crippen molar-refractivity contribution in [3.63, 3.8) is 0 Å². The summed E-state index contributed by atoms with van der Waals surface area (Å²) in [5, 5.41) is 2.64. The van der Waals surface area contributed by atoms with Crippen LogP contribution in [0.15, 0.2) is 0 Å². The van der Waals surface area contributed by atoms with Gasteiger partial charge in [0, 0.05) is 6.54 Å². The fraction of sp³-hybridized carbons (Fsp3) is 0.750. The second kappa shape index (κ2) is 8.12. The molecule has 0 fully saturated rings. The topological polar surface area (TPSA) is 66.4 Å². The van der Waals surface area contributed by atoms with Crippen LogP contribution in [0.1, 0.15) is 0 Å². The predicted octanol–water partition coefficient (Wildman–Crippen LogP) is -0.537. The summed E-state index contributed by atoms with van der Waals surface area (Å²) in [7, 11) is -3.86. The van der Waals surface area contributed by atoms with Crippen molar-refractivity contribution < 1.29 is 13.0 Å². The SMILES string of the molecule is CSC(=S)NCCS(=O)(=O)O.[KH]. The summed E-state index contributed by atoms with van der Waals surface area (Å²) in [6, 6.07) is 0. The van der Waals surface area contributed by atoms with Gasteiger partial charge in [0.05, 0.1) is 5.75 Å². The third-order valence-corrected chi connectivity index (χ3v) is 2.69. The molecule has 68 valence electrons. The Morgan fingerprint density at radius 2 is 2.17 bits per heavy atom. The second-order valence-corrected chi connectivity index (χ2v) is 4.76. The van der Waals surface area contributed by atoms with E-state index in [0.29, 0.717) is 4.32 Å². The van der Waals surface area contributed by atoms with Gasteiger partial charge in [-0.05, 0) is 6.26 Å². The summed E-state index contributed by atoms with van der Waals surface area (Å²) < 4.78 is 29.1. The zero-order chi connectivity index (χ0) is 8.91. The van der Waals surface area contributed by atoms with Crippen molar-refractivity contribution >= 4 is 89.8 Å². The minimum absolute atomic E-state index is 0. The summed E-state index contributed by atoms with van der Waals surface area (Å²) in [5.41, 5.74) is 0. The number of thioether (sulfide) groups is 1. The zero-order valence-electron chi connectivity index (χ0n) is 5.90. The van der Waals surface area contributed by atoms with E-state index in [1.54, 1.807) is 6.26 Å². The van der Waals surface area contributed by atoms with Gasteiger partial charge in [0.15, 0.2) is 0 Å². The van der Waals surface area contributed by atoms with Crippen LogP contribution in [0.5, 0.6) is 0 Å². The number of hydrogen-bond donors (Lipinski definition) is 2. The first-order valence-electron chi connectivity index (χ1n) is 2.72. The van der Waals surface area contributed by atoms with Gasteiger partial charge in [-0.15, -0.1) is 11.8 Å². The monoisotopic (exact) mass is 255 g/mol. The Morgan fingerprint density at radius 1 is 1.67 bits per heavy atom. The van der Waals surface area contributed by atoms with E-state index in [4.69, 9.17) is 16.8 Å². The maximum atomic E-state index is 10.2. The van der Waals surface area contributed by atoms with Gasteiger partial charge in [0.25, 0.3) is 10.1 Å². The molecule has 0 aliphatic rings. The standard InChI is InChI=1S/C4H9NO3S3.K.H/c1-10-4(9)5-2-3-11(6,7)8;;/h2-3H2,1H3,(H,5,9)(H,6,7,8);;. The summed E-state index contributed by atoms with van der Waals surface area (Å²) in [4.78, 5) is 0. The molecule has 0 aromatic heterocycles. The van der Waals surface area contributed by atoms with E-state index in [1.807, 2.05) is 0 Å². The Hall–Kier alpha value is 1.79. The van der Waals surface area contributed by atoms with Gasteiger partial charge in [0.1, 0.15) is 4.32 Å². The molecule has 0 amide bonds. The van der Waals surface area contributed by atoms with Gasteiger partial charge in [-0.1, -0.05) is 12.2 Å². The average molecular weight is 255 g/mol. The zero-order valence-corrected chi connectivity index (χ0v) is 8.35. The summed E-state index contributed by atoms with van der Waals surface area (Å²) in [5.74, 6) is -0.312. The molecule has 0 bridgehead atoms. The fourth-order valence-electron chi connectivity index (χ4n) is 0.354. The minimum atomic E-state index is -3.86. The first kappa shape index (κ1) is 16.2. The van der Waals surface area contributed by atoms with Crippen molar-refractivity contribution in [3.05, 3.63) is 0 Å². The summed E-state index contributed by atoms with van der Waals surface area (Å²) in [6.07, 6.45) is 1.78. The van der Waals surface area contributed by atoms with Gasteiger partial charge >= 0.3 is 51.4 Å². The second-order valence-electron chi connectivity index (χ2n) is 1.70. The predicted molar refractivity (Wildman–Crippen MR) is 57.7 cm³/mol. The van der Waals surface area contributed by atoms with E-state index in [9.17, 15) is 8.42 Å². The van der Waals surface area contributed by atoms with Crippen molar-refractivity contribution in [1.29, 1.82) is 0 Å². The summed E-state index contributed by atoms with van der Waals surface area (Å²) >= 11 is 6.04. The normalized spacial score (nSPS) is 10.2. The van der Waals surface area contributed by atoms with Crippen LogP contribution in [-0.4, -0.2) is 87.2 Å². The molecular weight excluding hydrogens is 245 g/mol. The van der Waals surface area contributed by atoms with E-state index in [1.165, 1.54) is 11.8 Å². The average Bonchev–Trinajstić information content (AvgIpc) is 1.85. The van der Waals surface area contributed by atoms with Crippen LogP contribution < -0.4 is 5.32 Å². The van der Waals surface area contributed by atoms with Crippen molar-refractivity contribution in [2.75, 3.05) is 18.6 Å². The molecule has 0 saturated heterocycles. The van der Waals surface area contributed by atoms with Crippen molar-refractivity contribution in [3.8, 4) is 0 Å². The maximum absolute atomic E-state index is 10.2. The van der Waals surface area contributed by atoms with Crippen LogP contribution in [0, 0.1) is 0 Å². The Balaban J connectivity index is 0. The molecule has 0 rings (SSSR count). The van der Waals surface area contributed by atoms with Crippen LogP contribution in [0.25, 0.3) is 0 Å². The molecule has 0 spiro atoms. The first-order chi connectivity index (χ1) is 4.95. The van der Waals surface area contributed by atoms with E-state index >= 15 is 0 Å². The van der Waals surface area contributed by atoms with Gasteiger partial charge in [-0.25, -0.2) is 0 Å². The van der Waals surface area contributed by atoms with Crippen LogP contribution in [0.3, 0.4) is 0 Å². The molecule has 0 radical (unpaired) electrons. The molecule has 0 saturated carbocycles. The third-order valence-electron chi connectivity index (χ3n) is 0.815.